The van der Waals surface area contributed by atoms with Crippen molar-refractivity contribution in [2.45, 2.75) is 94.3 Å². The number of halogens is 2. The van der Waals surface area contributed by atoms with Gasteiger partial charge in [-0.05, 0) is 75.3 Å². The van der Waals surface area contributed by atoms with E-state index in [1.54, 1.807) is 41.3 Å². The van der Waals surface area contributed by atoms with Crippen LogP contribution in [0.25, 0.3) is 0 Å². The average Bonchev–Trinajstić information content (AvgIpc) is 3.97. The van der Waals surface area contributed by atoms with Crippen molar-refractivity contribution in [1.29, 1.82) is 0 Å². The Kier molecular flexibility index (Phi) is 14.1. The number of hydrogen-bond acceptors (Lipinski definition) is 15. The lowest BCUT2D eigenvalue weighted by Crippen LogP contribution is -2.54. The number of imide groups is 2. The fourth-order valence-corrected chi connectivity index (χ4v) is 10.6. The number of carbonyl (C=O) groups excluding carboxylic acids is 6. The van der Waals surface area contributed by atoms with Crippen molar-refractivity contribution in [3.63, 3.8) is 0 Å². The first-order valence-corrected chi connectivity index (χ1v) is 24.0. The van der Waals surface area contributed by atoms with E-state index in [2.05, 4.69) is 41.0 Å². The molecule has 368 valence electrons. The van der Waals surface area contributed by atoms with E-state index < -0.39 is 48.0 Å². The molecule has 9 rings (SSSR count). The van der Waals surface area contributed by atoms with Gasteiger partial charge in [0.15, 0.2) is 5.82 Å². The molecule has 0 spiro atoms. The maximum Gasteiger partial charge on any atom is 0.342 e. The van der Waals surface area contributed by atoms with Gasteiger partial charge in [0.05, 0.1) is 49.9 Å². The summed E-state index contributed by atoms with van der Waals surface area (Å²) in [5.41, 5.74) is 2.08. The third kappa shape index (κ3) is 10.1. The molecule has 1 aromatic heterocycles. The number of aromatic nitrogens is 2. The number of amides is 6. The number of fused-ring (bicyclic) bond motifs is 2. The summed E-state index contributed by atoms with van der Waals surface area (Å²) < 4.78 is 41.7. The van der Waals surface area contributed by atoms with Crippen molar-refractivity contribution < 1.29 is 47.0 Å². The van der Waals surface area contributed by atoms with Crippen LogP contribution in [0, 0.1) is 0 Å². The Bertz CT molecular complexity index is 2470. The topological polar surface area (TPSA) is 211 Å². The number of piperazine rings is 1. The zero-order valence-corrected chi connectivity index (χ0v) is 38.9. The normalized spacial score (nSPS) is 23.4. The summed E-state index contributed by atoms with van der Waals surface area (Å²) in [6, 6.07) is 9.32. The molecule has 2 aromatic carbocycles. The maximum absolute atomic E-state index is 15.1. The van der Waals surface area contributed by atoms with Crippen LogP contribution in [0.2, 0.25) is 0 Å². The van der Waals surface area contributed by atoms with Gasteiger partial charge in [0.25, 0.3) is 23.6 Å². The number of anilines is 5. The molecule has 2 saturated carbocycles. The fourth-order valence-electron chi connectivity index (χ4n) is 10.6. The van der Waals surface area contributed by atoms with Gasteiger partial charge >= 0.3 is 5.92 Å². The lowest BCUT2D eigenvalue weighted by atomic mass is 9.89. The van der Waals surface area contributed by atoms with Gasteiger partial charge in [0.1, 0.15) is 17.5 Å². The monoisotopic (exact) mass is 955 g/mol. The molecule has 4 aliphatic heterocycles. The molecule has 21 heteroatoms. The van der Waals surface area contributed by atoms with Crippen LogP contribution >= 0.6 is 0 Å². The van der Waals surface area contributed by atoms with E-state index in [1.807, 2.05) is 0 Å². The smallest absolute Gasteiger partial charge is 0.342 e. The molecule has 2 aliphatic carbocycles. The summed E-state index contributed by atoms with van der Waals surface area (Å²) in [4.78, 5) is 94.2. The molecular weight excluding hydrogens is 897 g/mol. The van der Waals surface area contributed by atoms with Gasteiger partial charge in [0, 0.05) is 82.1 Å². The standard InChI is InChI=1S/C48H59F2N11O8/c1-57-37-27-52-47(56-41(37)60(32-6-3-4-7-32)28-48(49,50)46(57)67)54-34-15-10-29(26-38(34)68-2)42(63)53-30-11-13-31(14-12-30)59-21-19-58(20-22-59)23-25-69-24-18-51-35-9-5-8-33-40(35)45(66)61(44(33)65)36-16-17-39(62)55-43(36)64/h5,8-10,15,26-27,30-32,36,51H,3-4,6-7,11-14,16-25,28H2,1-2H3,(H,53,63)(H,52,54,56)(H,55,62,64)/t30-,31-,36?. The predicted molar refractivity (Wildman–Crippen MR) is 250 cm³/mol. The van der Waals surface area contributed by atoms with E-state index in [0.29, 0.717) is 48.5 Å². The van der Waals surface area contributed by atoms with Crippen LogP contribution in [-0.2, 0) is 19.1 Å². The first-order chi connectivity index (χ1) is 33.3. The van der Waals surface area contributed by atoms with Crippen molar-refractivity contribution in [2.24, 2.45) is 0 Å². The molecule has 0 radical (unpaired) electrons. The summed E-state index contributed by atoms with van der Waals surface area (Å²) >= 11 is 0. The number of rotatable bonds is 15. The van der Waals surface area contributed by atoms with Gasteiger partial charge in [-0.3, -0.25) is 48.8 Å². The maximum atomic E-state index is 15.1. The molecule has 1 atom stereocenters. The summed E-state index contributed by atoms with van der Waals surface area (Å²) in [6.45, 7) is 5.13. The Hall–Kier alpha value is -6.32. The molecule has 4 N–H and O–H groups in total. The predicted octanol–water partition coefficient (Wildman–Crippen LogP) is 3.78. The highest BCUT2D eigenvalue weighted by atomic mass is 19.3. The first-order valence-electron chi connectivity index (χ1n) is 24.0. The van der Waals surface area contributed by atoms with Gasteiger partial charge in [-0.15, -0.1) is 0 Å². The van der Waals surface area contributed by atoms with Crippen LogP contribution in [0.5, 0.6) is 5.75 Å². The number of nitrogens with one attached hydrogen (secondary N) is 4. The van der Waals surface area contributed by atoms with Crippen LogP contribution in [0.1, 0.15) is 95.3 Å². The Labute approximate surface area is 398 Å². The number of alkyl halides is 2. The number of ether oxygens (including phenoxy) is 2. The molecule has 6 aliphatic rings. The minimum Gasteiger partial charge on any atom is -0.495 e. The van der Waals surface area contributed by atoms with Crippen LogP contribution in [0.3, 0.4) is 0 Å². The summed E-state index contributed by atoms with van der Waals surface area (Å²) in [7, 11) is 2.81. The first kappa shape index (κ1) is 47.7. The number of carbonyl (C=O) groups is 6. The van der Waals surface area contributed by atoms with Crippen LogP contribution < -0.4 is 35.8 Å². The molecular formula is C48H59F2N11O8. The molecule has 2 saturated heterocycles. The van der Waals surface area contributed by atoms with Crippen molar-refractivity contribution in [2.75, 3.05) is 93.6 Å². The van der Waals surface area contributed by atoms with Gasteiger partial charge in [-0.25, -0.2) is 4.98 Å². The largest absolute Gasteiger partial charge is 0.495 e. The van der Waals surface area contributed by atoms with Crippen LogP contribution in [0.15, 0.2) is 42.6 Å². The van der Waals surface area contributed by atoms with E-state index in [9.17, 15) is 28.8 Å². The van der Waals surface area contributed by atoms with Gasteiger partial charge in [-0.2, -0.15) is 13.8 Å². The Morgan fingerprint density at radius 3 is 2.41 bits per heavy atom. The Morgan fingerprint density at radius 2 is 1.67 bits per heavy atom. The van der Waals surface area contributed by atoms with Crippen LogP contribution in [-0.4, -0.2) is 163 Å². The summed E-state index contributed by atoms with van der Waals surface area (Å²) in [5, 5.41) is 11.8. The Balaban J connectivity index is 0.692. The summed E-state index contributed by atoms with van der Waals surface area (Å²) in [5.74, 6) is -6.45. The second-order valence-corrected chi connectivity index (χ2v) is 18.6. The zero-order chi connectivity index (χ0) is 48.4. The minimum absolute atomic E-state index is 0.0389. The second-order valence-electron chi connectivity index (χ2n) is 18.6. The molecule has 3 aromatic rings. The number of piperidine rings is 1. The van der Waals surface area contributed by atoms with E-state index in [4.69, 9.17) is 9.47 Å². The average molecular weight is 956 g/mol. The third-order valence-electron chi connectivity index (χ3n) is 14.4. The van der Waals surface area contributed by atoms with Crippen molar-refractivity contribution in [1.82, 2.24) is 35.3 Å². The van der Waals surface area contributed by atoms with Gasteiger partial charge < -0.3 is 35.2 Å². The molecule has 19 nitrogen and oxygen atoms in total. The fraction of sp³-hybridized carbons (Fsp3) is 0.542. The van der Waals surface area contributed by atoms with Crippen LogP contribution in [0.4, 0.5) is 37.6 Å². The lowest BCUT2D eigenvalue weighted by Gasteiger charge is -2.42. The number of benzene rings is 2. The highest BCUT2D eigenvalue weighted by Crippen LogP contribution is 2.40. The van der Waals surface area contributed by atoms with Gasteiger partial charge in [0.2, 0.25) is 17.8 Å². The van der Waals surface area contributed by atoms with Crippen molar-refractivity contribution in [3.8, 4) is 5.75 Å². The van der Waals surface area contributed by atoms with E-state index in [0.717, 1.165) is 93.9 Å². The Morgan fingerprint density at radius 1 is 0.899 bits per heavy atom. The van der Waals surface area contributed by atoms with E-state index >= 15 is 8.78 Å². The minimum atomic E-state index is -3.58. The number of nitrogens with zero attached hydrogens (tertiary/aromatic N) is 7. The van der Waals surface area contributed by atoms with Gasteiger partial charge in [-0.1, -0.05) is 18.9 Å². The quantitative estimate of drug-likeness (QED) is 0.126. The number of methoxy groups -OCH3 is 1. The summed E-state index contributed by atoms with van der Waals surface area (Å²) in [6.07, 6.45) is 8.52. The molecule has 1 unspecified atom stereocenters. The molecule has 0 bridgehead atoms. The van der Waals surface area contributed by atoms with E-state index in [1.165, 1.54) is 20.4 Å². The molecule has 5 heterocycles. The van der Waals surface area contributed by atoms with Crippen molar-refractivity contribution in [3.05, 3.63) is 59.3 Å². The second kappa shape index (κ2) is 20.3. The molecule has 6 amide bonds. The SMILES string of the molecule is COc1cc(C(=O)N[C@H]2CC[C@H](N3CCN(CCOCCNc4cccc5c4C(=O)N(C4CCC(=O)NC4=O)C5=O)CC3)CC2)ccc1Nc1ncc2c(n1)N(C1CCCC1)CC(F)(F)C(=O)N2C. The third-order valence-corrected chi connectivity index (χ3v) is 14.4. The van der Waals surface area contributed by atoms with E-state index in [-0.39, 0.29) is 59.4 Å². The highest BCUT2D eigenvalue weighted by Gasteiger charge is 2.49. The zero-order valence-electron chi connectivity index (χ0n) is 38.9. The molecule has 69 heavy (non-hydrogen) atoms. The van der Waals surface area contributed by atoms with Crippen molar-refractivity contribution >= 4 is 64.3 Å². The molecule has 4 fully saturated rings. The lowest BCUT2D eigenvalue weighted by molar-refractivity contribution is -0.140. The highest BCUT2D eigenvalue weighted by molar-refractivity contribution is 6.25. The number of hydrogen-bond donors (Lipinski definition) is 4.